The quantitative estimate of drug-likeness (QED) is 0.813. The van der Waals surface area contributed by atoms with Crippen LogP contribution < -0.4 is 15.2 Å². The molecule has 0 aliphatic carbocycles. The lowest BCUT2D eigenvalue weighted by Gasteiger charge is -2.24. The summed E-state index contributed by atoms with van der Waals surface area (Å²) in [5.41, 5.74) is 6.56. The number of likely N-dealkylation sites (N-methyl/N-ethyl adjacent to an activating group) is 1. The van der Waals surface area contributed by atoms with E-state index in [1.165, 1.54) is 0 Å². The molecule has 21 heavy (non-hydrogen) atoms. The molecule has 2 N–H and O–H groups in total. The van der Waals surface area contributed by atoms with E-state index in [0.29, 0.717) is 31.1 Å². The molecule has 1 unspecified atom stereocenters. The van der Waals surface area contributed by atoms with Crippen molar-refractivity contribution in [3.8, 4) is 11.5 Å². The summed E-state index contributed by atoms with van der Waals surface area (Å²) in [6, 6.07) is 3.68. The van der Waals surface area contributed by atoms with Gasteiger partial charge in [-0.05, 0) is 54.4 Å². The van der Waals surface area contributed by atoms with Gasteiger partial charge in [-0.25, -0.2) is 0 Å². The molecule has 0 spiro atoms. The summed E-state index contributed by atoms with van der Waals surface area (Å²) in [6.45, 7) is 7.36. The van der Waals surface area contributed by atoms with Crippen molar-refractivity contribution in [2.75, 3.05) is 20.2 Å². The van der Waals surface area contributed by atoms with Gasteiger partial charge in [0.25, 0.3) is 5.91 Å². The summed E-state index contributed by atoms with van der Waals surface area (Å²) >= 11 is 3.44. The Morgan fingerprint density at radius 1 is 1.38 bits per heavy atom. The highest BCUT2D eigenvalue weighted by Gasteiger charge is 2.22. The van der Waals surface area contributed by atoms with E-state index >= 15 is 0 Å². The molecule has 0 fully saturated rings. The minimum absolute atomic E-state index is 0.0446. The molecule has 0 saturated heterocycles. The van der Waals surface area contributed by atoms with Crippen LogP contribution in [-0.2, 0) is 11.3 Å². The van der Waals surface area contributed by atoms with Crippen LogP contribution in [0.1, 0.15) is 26.3 Å². The van der Waals surface area contributed by atoms with Gasteiger partial charge in [-0.15, -0.1) is 0 Å². The highest BCUT2D eigenvalue weighted by Crippen LogP contribution is 2.37. The van der Waals surface area contributed by atoms with E-state index in [0.717, 1.165) is 10.0 Å². The summed E-state index contributed by atoms with van der Waals surface area (Å²) < 4.78 is 11.9. The van der Waals surface area contributed by atoms with Crippen molar-refractivity contribution in [3.05, 3.63) is 22.2 Å². The molecule has 1 aromatic carbocycles. The number of nitrogens with two attached hydrogens (primary N) is 1. The van der Waals surface area contributed by atoms with Crippen molar-refractivity contribution in [2.45, 2.75) is 33.4 Å². The first kappa shape index (κ1) is 17.8. The Bertz CT molecular complexity index is 490. The first-order valence-electron chi connectivity index (χ1n) is 7.00. The molecule has 0 heterocycles. The predicted octanol–water partition coefficient (Wildman–Crippen LogP) is 2.55. The second kappa shape index (κ2) is 8.24. The molecule has 0 aliphatic heterocycles. The van der Waals surface area contributed by atoms with Crippen molar-refractivity contribution in [1.82, 2.24) is 4.90 Å². The Morgan fingerprint density at radius 3 is 2.48 bits per heavy atom. The average molecular weight is 359 g/mol. The van der Waals surface area contributed by atoms with E-state index in [1.54, 1.807) is 18.9 Å². The molecule has 1 aromatic rings. The molecule has 5 nitrogen and oxygen atoms in total. The molecule has 0 radical (unpaired) electrons. The lowest BCUT2D eigenvalue weighted by atomic mass is 10.2. The maximum atomic E-state index is 12.3. The largest absolute Gasteiger partial charge is 0.493 e. The number of rotatable bonds is 7. The Morgan fingerprint density at radius 2 is 2.00 bits per heavy atom. The van der Waals surface area contributed by atoms with Crippen LogP contribution in [0.25, 0.3) is 0 Å². The van der Waals surface area contributed by atoms with Crippen molar-refractivity contribution < 1.29 is 14.3 Å². The molecular weight excluding hydrogens is 336 g/mol. The van der Waals surface area contributed by atoms with Gasteiger partial charge in [0.1, 0.15) is 0 Å². The fraction of sp³-hybridized carbons (Fsp3) is 0.533. The molecule has 0 saturated carbocycles. The van der Waals surface area contributed by atoms with E-state index in [1.807, 2.05) is 26.0 Å². The zero-order valence-electron chi connectivity index (χ0n) is 13.0. The van der Waals surface area contributed by atoms with E-state index in [4.69, 9.17) is 15.2 Å². The number of amides is 1. The molecule has 1 rings (SSSR count). The molecular formula is C15H23BrN2O3. The zero-order chi connectivity index (χ0) is 16.0. The number of benzene rings is 1. The third kappa shape index (κ3) is 4.35. The van der Waals surface area contributed by atoms with Crippen LogP contribution >= 0.6 is 15.9 Å². The van der Waals surface area contributed by atoms with Crippen LogP contribution in [0.3, 0.4) is 0 Å². The van der Waals surface area contributed by atoms with Crippen molar-refractivity contribution in [1.29, 1.82) is 0 Å². The minimum atomic E-state index is -0.584. The summed E-state index contributed by atoms with van der Waals surface area (Å²) in [5, 5.41) is 0. The zero-order valence-corrected chi connectivity index (χ0v) is 14.6. The van der Waals surface area contributed by atoms with E-state index in [-0.39, 0.29) is 5.91 Å². The normalized spacial score (nSPS) is 11.9. The van der Waals surface area contributed by atoms with Gasteiger partial charge in [0.05, 0.1) is 11.6 Å². The van der Waals surface area contributed by atoms with Crippen LogP contribution in [0.15, 0.2) is 16.6 Å². The SMILES string of the molecule is CCN(CC)C(=O)C(C)Oc1c(Br)cc(CN)cc1OC. The molecule has 1 atom stereocenters. The average Bonchev–Trinajstić information content (AvgIpc) is 2.49. The van der Waals surface area contributed by atoms with Gasteiger partial charge < -0.3 is 20.1 Å². The van der Waals surface area contributed by atoms with Crippen molar-refractivity contribution in [3.63, 3.8) is 0 Å². The van der Waals surface area contributed by atoms with Gasteiger partial charge in [-0.2, -0.15) is 0 Å². The third-order valence-electron chi connectivity index (χ3n) is 3.24. The van der Waals surface area contributed by atoms with E-state index < -0.39 is 6.10 Å². The summed E-state index contributed by atoms with van der Waals surface area (Å²) in [4.78, 5) is 14.0. The fourth-order valence-corrected chi connectivity index (χ4v) is 2.61. The lowest BCUT2D eigenvalue weighted by molar-refractivity contribution is -0.137. The second-order valence-electron chi connectivity index (χ2n) is 4.58. The lowest BCUT2D eigenvalue weighted by Crippen LogP contribution is -2.40. The molecule has 0 aliphatic rings. The molecule has 118 valence electrons. The number of nitrogens with zero attached hydrogens (tertiary/aromatic N) is 1. The topological polar surface area (TPSA) is 64.8 Å². The first-order valence-corrected chi connectivity index (χ1v) is 7.79. The van der Waals surface area contributed by atoms with Crippen molar-refractivity contribution in [2.24, 2.45) is 5.73 Å². The van der Waals surface area contributed by atoms with Crippen LogP contribution in [0.4, 0.5) is 0 Å². The number of hydrogen-bond acceptors (Lipinski definition) is 4. The maximum Gasteiger partial charge on any atom is 0.263 e. The summed E-state index contributed by atoms with van der Waals surface area (Å²) in [5.74, 6) is 1.03. The summed E-state index contributed by atoms with van der Waals surface area (Å²) in [6.07, 6.45) is -0.584. The number of hydrogen-bond donors (Lipinski definition) is 1. The van der Waals surface area contributed by atoms with Gasteiger partial charge in [-0.3, -0.25) is 4.79 Å². The summed E-state index contributed by atoms with van der Waals surface area (Å²) in [7, 11) is 1.56. The maximum absolute atomic E-state index is 12.3. The number of ether oxygens (including phenoxy) is 2. The molecule has 0 bridgehead atoms. The smallest absolute Gasteiger partial charge is 0.263 e. The second-order valence-corrected chi connectivity index (χ2v) is 5.44. The highest BCUT2D eigenvalue weighted by atomic mass is 79.9. The highest BCUT2D eigenvalue weighted by molar-refractivity contribution is 9.10. The van der Waals surface area contributed by atoms with Crippen LogP contribution in [0, 0.1) is 0 Å². The van der Waals surface area contributed by atoms with Gasteiger partial charge in [-0.1, -0.05) is 0 Å². The first-order chi connectivity index (χ1) is 9.98. The Kier molecular flexibility index (Phi) is 6.98. The molecule has 6 heteroatoms. The van der Waals surface area contributed by atoms with Crippen LogP contribution in [-0.4, -0.2) is 37.1 Å². The molecule has 1 amide bonds. The standard InChI is InChI=1S/C15H23BrN2O3/c1-5-18(6-2)15(19)10(3)21-14-12(16)7-11(9-17)8-13(14)20-4/h7-8,10H,5-6,9,17H2,1-4H3. The van der Waals surface area contributed by atoms with Gasteiger partial charge in [0, 0.05) is 19.6 Å². The van der Waals surface area contributed by atoms with Crippen molar-refractivity contribution >= 4 is 21.8 Å². The predicted molar refractivity (Wildman–Crippen MR) is 86.6 cm³/mol. The van der Waals surface area contributed by atoms with E-state index in [9.17, 15) is 4.79 Å². The van der Waals surface area contributed by atoms with E-state index in [2.05, 4.69) is 15.9 Å². The minimum Gasteiger partial charge on any atom is -0.493 e. The van der Waals surface area contributed by atoms with Gasteiger partial charge in [0.15, 0.2) is 17.6 Å². The van der Waals surface area contributed by atoms with Gasteiger partial charge >= 0.3 is 0 Å². The monoisotopic (exact) mass is 358 g/mol. The number of carbonyl (C=O) groups is 1. The van der Waals surface area contributed by atoms with Crippen LogP contribution in [0.2, 0.25) is 0 Å². The third-order valence-corrected chi connectivity index (χ3v) is 3.83. The van der Waals surface area contributed by atoms with Gasteiger partial charge in [0.2, 0.25) is 0 Å². The van der Waals surface area contributed by atoms with Crippen LogP contribution in [0.5, 0.6) is 11.5 Å². The fourth-order valence-electron chi connectivity index (χ4n) is 2.03. The Hall–Kier alpha value is -1.27. The number of carbonyl (C=O) groups excluding carboxylic acids is 1. The Balaban J connectivity index is 2.99. The Labute approximate surface area is 134 Å². The number of methoxy groups -OCH3 is 1. The molecule has 0 aromatic heterocycles. The number of halogens is 1.